The minimum absolute atomic E-state index is 0.105. The first-order valence-electron chi connectivity index (χ1n) is 7.44. The van der Waals surface area contributed by atoms with Crippen LogP contribution in [0.15, 0.2) is 24.3 Å². The summed E-state index contributed by atoms with van der Waals surface area (Å²) in [4.78, 5) is 12.1. The van der Waals surface area contributed by atoms with Gasteiger partial charge in [-0.2, -0.15) is 0 Å². The van der Waals surface area contributed by atoms with E-state index in [1.165, 1.54) is 0 Å². The number of rotatable bonds is 8. The third-order valence-electron chi connectivity index (χ3n) is 3.58. The molecule has 0 aliphatic heterocycles. The van der Waals surface area contributed by atoms with Crippen molar-refractivity contribution in [1.29, 1.82) is 0 Å². The molecule has 0 radical (unpaired) electrons. The summed E-state index contributed by atoms with van der Waals surface area (Å²) in [6.45, 7) is 6.18. The summed E-state index contributed by atoms with van der Waals surface area (Å²) in [5.74, 6) is -0.105. The Morgan fingerprint density at radius 2 is 2.00 bits per heavy atom. The average Bonchev–Trinajstić information content (AvgIpc) is 2.44. The molecule has 0 saturated carbocycles. The van der Waals surface area contributed by atoms with Gasteiger partial charge in [-0.15, -0.1) is 0 Å². The van der Waals surface area contributed by atoms with Gasteiger partial charge in [-0.25, -0.2) is 0 Å². The van der Waals surface area contributed by atoms with Gasteiger partial charge in [-0.05, 0) is 45.2 Å². The summed E-state index contributed by atoms with van der Waals surface area (Å²) in [5, 5.41) is 0.797. The molecule has 1 rings (SSSR count). The van der Waals surface area contributed by atoms with Crippen molar-refractivity contribution < 1.29 is 9.53 Å². The Morgan fingerprint density at radius 1 is 1.33 bits per heavy atom. The molecule has 1 atom stereocenters. The first-order chi connectivity index (χ1) is 9.88. The maximum atomic E-state index is 11.8. The van der Waals surface area contributed by atoms with E-state index in [2.05, 4.69) is 15.9 Å². The van der Waals surface area contributed by atoms with Crippen molar-refractivity contribution >= 4 is 33.5 Å². The number of benzene rings is 1. The number of halogens is 2. The summed E-state index contributed by atoms with van der Waals surface area (Å²) in [6.07, 6.45) is 3.89. The van der Waals surface area contributed by atoms with Crippen molar-refractivity contribution in [3.05, 3.63) is 34.9 Å². The van der Waals surface area contributed by atoms with E-state index in [9.17, 15) is 4.79 Å². The average molecular weight is 376 g/mol. The highest BCUT2D eigenvalue weighted by Crippen LogP contribution is 2.34. The molecule has 21 heavy (non-hydrogen) atoms. The van der Waals surface area contributed by atoms with E-state index in [-0.39, 0.29) is 10.8 Å². The molecule has 4 heteroatoms. The van der Waals surface area contributed by atoms with Gasteiger partial charge >= 0.3 is 5.97 Å². The lowest BCUT2D eigenvalue weighted by Crippen LogP contribution is -2.26. The summed E-state index contributed by atoms with van der Waals surface area (Å²) < 4.78 is 5.10. The SMILES string of the molecule is CCOC(=O)C(C)(C)CCCC[C@@H](Br)c1ccccc1Cl. The Morgan fingerprint density at radius 3 is 2.62 bits per heavy atom. The van der Waals surface area contributed by atoms with Crippen molar-refractivity contribution in [2.75, 3.05) is 6.61 Å². The van der Waals surface area contributed by atoms with E-state index in [1.807, 2.05) is 45.0 Å². The molecular formula is C17H24BrClO2. The molecule has 0 N–H and O–H groups in total. The lowest BCUT2D eigenvalue weighted by atomic mass is 9.87. The van der Waals surface area contributed by atoms with Crippen LogP contribution in [0.1, 0.15) is 56.8 Å². The van der Waals surface area contributed by atoms with Crippen LogP contribution in [0, 0.1) is 5.41 Å². The van der Waals surface area contributed by atoms with E-state index in [0.29, 0.717) is 6.61 Å². The fourth-order valence-corrected chi connectivity index (χ4v) is 3.33. The fraction of sp³-hybridized carbons (Fsp3) is 0.588. The van der Waals surface area contributed by atoms with Gasteiger partial charge in [0.1, 0.15) is 0 Å². The number of unbranched alkanes of at least 4 members (excludes halogenated alkanes) is 1. The van der Waals surface area contributed by atoms with Crippen molar-refractivity contribution in [2.24, 2.45) is 5.41 Å². The van der Waals surface area contributed by atoms with Gasteiger partial charge in [0.25, 0.3) is 0 Å². The normalized spacial score (nSPS) is 13.0. The van der Waals surface area contributed by atoms with Gasteiger partial charge in [0.15, 0.2) is 0 Å². The molecule has 0 aromatic heterocycles. The highest BCUT2D eigenvalue weighted by atomic mass is 79.9. The first kappa shape index (κ1) is 18.5. The fourth-order valence-electron chi connectivity index (χ4n) is 2.20. The van der Waals surface area contributed by atoms with Crippen molar-refractivity contribution in [2.45, 2.75) is 51.3 Å². The van der Waals surface area contributed by atoms with E-state index in [4.69, 9.17) is 16.3 Å². The maximum Gasteiger partial charge on any atom is 0.311 e. The summed E-state index contributed by atoms with van der Waals surface area (Å²) in [5.41, 5.74) is 0.728. The molecule has 0 fully saturated rings. The minimum Gasteiger partial charge on any atom is -0.466 e. The van der Waals surface area contributed by atoms with Gasteiger partial charge in [0.2, 0.25) is 0 Å². The Labute approximate surface area is 141 Å². The third kappa shape index (κ3) is 5.99. The van der Waals surface area contributed by atoms with E-state index in [1.54, 1.807) is 0 Å². The Hall–Kier alpha value is -0.540. The smallest absolute Gasteiger partial charge is 0.311 e. The summed E-state index contributed by atoms with van der Waals surface area (Å²) in [7, 11) is 0. The number of ether oxygens (including phenoxy) is 1. The standard InChI is InChI=1S/C17H24BrClO2/c1-4-21-16(20)17(2,3)12-8-7-10-14(18)13-9-5-6-11-15(13)19/h5-6,9,11,14H,4,7-8,10,12H2,1-3H3/t14-/m1/s1. The Balaban J connectivity index is 2.37. The van der Waals surface area contributed by atoms with Crippen LogP contribution in [0.5, 0.6) is 0 Å². The number of hydrogen-bond donors (Lipinski definition) is 0. The largest absolute Gasteiger partial charge is 0.466 e. The van der Waals surface area contributed by atoms with Crippen LogP contribution in [-0.4, -0.2) is 12.6 Å². The van der Waals surface area contributed by atoms with Crippen LogP contribution < -0.4 is 0 Å². The quantitative estimate of drug-likeness (QED) is 0.320. The lowest BCUT2D eigenvalue weighted by Gasteiger charge is -2.22. The molecule has 118 valence electrons. The van der Waals surface area contributed by atoms with Crippen LogP contribution in [0.25, 0.3) is 0 Å². The zero-order valence-electron chi connectivity index (χ0n) is 13.0. The molecule has 1 aromatic carbocycles. The van der Waals surface area contributed by atoms with Gasteiger partial charge in [0.05, 0.1) is 12.0 Å². The lowest BCUT2D eigenvalue weighted by molar-refractivity contribution is -0.153. The van der Waals surface area contributed by atoms with Crippen molar-refractivity contribution in [3.63, 3.8) is 0 Å². The van der Waals surface area contributed by atoms with E-state index < -0.39 is 5.41 Å². The number of hydrogen-bond acceptors (Lipinski definition) is 2. The van der Waals surface area contributed by atoms with Crippen molar-refractivity contribution in [1.82, 2.24) is 0 Å². The second-order valence-corrected chi connectivity index (χ2v) is 7.35. The molecule has 2 nitrogen and oxygen atoms in total. The zero-order chi connectivity index (χ0) is 15.9. The molecule has 0 saturated heterocycles. The van der Waals surface area contributed by atoms with Crippen LogP contribution in [0.2, 0.25) is 5.02 Å². The maximum absolute atomic E-state index is 11.8. The third-order valence-corrected chi connectivity index (χ3v) is 4.88. The van der Waals surface area contributed by atoms with Crippen LogP contribution >= 0.6 is 27.5 Å². The predicted molar refractivity (Wildman–Crippen MR) is 92.0 cm³/mol. The molecule has 0 amide bonds. The Bertz CT molecular complexity index is 460. The van der Waals surface area contributed by atoms with Crippen LogP contribution in [-0.2, 0) is 9.53 Å². The van der Waals surface area contributed by atoms with Crippen LogP contribution in [0.3, 0.4) is 0 Å². The minimum atomic E-state index is -0.401. The van der Waals surface area contributed by atoms with Crippen molar-refractivity contribution in [3.8, 4) is 0 Å². The topological polar surface area (TPSA) is 26.3 Å². The van der Waals surface area contributed by atoms with Gasteiger partial charge in [0, 0.05) is 9.85 Å². The highest BCUT2D eigenvalue weighted by Gasteiger charge is 2.28. The van der Waals surface area contributed by atoms with Gasteiger partial charge in [-0.3, -0.25) is 4.79 Å². The number of carbonyl (C=O) groups excluding carboxylic acids is 1. The highest BCUT2D eigenvalue weighted by molar-refractivity contribution is 9.09. The number of carbonyl (C=O) groups is 1. The molecule has 0 aliphatic carbocycles. The Kier molecular flexibility index (Phi) is 7.75. The van der Waals surface area contributed by atoms with Gasteiger partial charge in [-0.1, -0.05) is 58.6 Å². The molecule has 0 bridgehead atoms. The number of esters is 1. The second kappa shape index (κ2) is 8.79. The predicted octanol–water partition coefficient (Wildman–Crippen LogP) is 5.93. The molecule has 0 spiro atoms. The molecule has 0 unspecified atom stereocenters. The zero-order valence-corrected chi connectivity index (χ0v) is 15.3. The molecular weight excluding hydrogens is 352 g/mol. The first-order valence-corrected chi connectivity index (χ1v) is 8.73. The summed E-state index contributed by atoms with van der Waals surface area (Å²) in [6, 6.07) is 7.89. The van der Waals surface area contributed by atoms with Crippen LogP contribution in [0.4, 0.5) is 0 Å². The number of alkyl halides is 1. The monoisotopic (exact) mass is 374 g/mol. The second-order valence-electron chi connectivity index (χ2n) is 5.84. The van der Waals surface area contributed by atoms with E-state index in [0.717, 1.165) is 36.3 Å². The molecule has 0 heterocycles. The van der Waals surface area contributed by atoms with E-state index >= 15 is 0 Å². The summed E-state index contributed by atoms with van der Waals surface area (Å²) >= 11 is 9.88. The molecule has 0 aliphatic rings. The van der Waals surface area contributed by atoms with Gasteiger partial charge < -0.3 is 4.74 Å². The molecule has 1 aromatic rings.